The lowest BCUT2D eigenvalue weighted by molar-refractivity contribution is -0.137. The van der Waals surface area contributed by atoms with Crippen LogP contribution in [0.3, 0.4) is 0 Å². The number of nitrogens with zero attached hydrogens (tertiary/aromatic N) is 4. The number of benzene rings is 1. The quantitative estimate of drug-likeness (QED) is 0.635. The summed E-state index contributed by atoms with van der Waals surface area (Å²) >= 11 is 0. The van der Waals surface area contributed by atoms with Crippen LogP contribution >= 0.6 is 0 Å². The highest BCUT2D eigenvalue weighted by Gasteiger charge is 2.35. The third-order valence-corrected chi connectivity index (χ3v) is 4.92. The van der Waals surface area contributed by atoms with Crippen molar-refractivity contribution in [2.45, 2.75) is 19.1 Å². The van der Waals surface area contributed by atoms with Crippen LogP contribution in [-0.4, -0.2) is 27.2 Å². The Bertz CT molecular complexity index is 1090. The van der Waals surface area contributed by atoms with E-state index in [1.54, 1.807) is 35.3 Å². The number of anilines is 1. The highest BCUT2D eigenvalue weighted by atomic mass is 19.4. The predicted octanol–water partition coefficient (Wildman–Crippen LogP) is 4.83. The molecule has 0 aliphatic carbocycles. The van der Waals surface area contributed by atoms with Crippen LogP contribution in [0.25, 0.3) is 17.2 Å². The monoisotopic (exact) mass is 398 g/mol. The van der Waals surface area contributed by atoms with Gasteiger partial charge in [-0.05, 0) is 55.0 Å². The maximum absolute atomic E-state index is 13.3. The third kappa shape index (κ3) is 3.30. The van der Waals surface area contributed by atoms with Crippen molar-refractivity contribution in [2.75, 3.05) is 11.4 Å². The van der Waals surface area contributed by atoms with Crippen LogP contribution in [0.4, 0.5) is 18.9 Å². The number of carbonyl (C=O) groups excluding carboxylic acids is 1. The first-order chi connectivity index (χ1) is 13.8. The van der Waals surface area contributed by atoms with Crippen molar-refractivity contribution in [2.24, 2.45) is 0 Å². The van der Waals surface area contributed by atoms with Crippen LogP contribution in [0.2, 0.25) is 0 Å². The molecule has 0 fully saturated rings. The second kappa shape index (κ2) is 6.88. The average Bonchev–Trinajstić information content (AvgIpc) is 3.16. The highest BCUT2D eigenvalue weighted by Crippen LogP contribution is 2.34. The van der Waals surface area contributed by atoms with Crippen molar-refractivity contribution in [1.82, 2.24) is 14.8 Å². The van der Waals surface area contributed by atoms with Gasteiger partial charge in [0.05, 0.1) is 23.5 Å². The van der Waals surface area contributed by atoms with Gasteiger partial charge >= 0.3 is 6.18 Å². The van der Waals surface area contributed by atoms with Gasteiger partial charge < -0.3 is 4.90 Å². The van der Waals surface area contributed by atoms with E-state index in [1.165, 1.54) is 17.0 Å². The van der Waals surface area contributed by atoms with E-state index in [0.717, 1.165) is 17.7 Å². The first kappa shape index (κ1) is 18.9. The lowest BCUT2D eigenvalue weighted by atomic mass is 10.0. The molecule has 4 rings (SSSR count). The van der Waals surface area contributed by atoms with E-state index in [-0.39, 0.29) is 11.9 Å². The predicted molar refractivity (Wildman–Crippen MR) is 103 cm³/mol. The molecule has 0 spiro atoms. The van der Waals surface area contributed by atoms with E-state index in [0.29, 0.717) is 29.2 Å². The van der Waals surface area contributed by atoms with Crippen LogP contribution in [0.15, 0.2) is 55.4 Å². The van der Waals surface area contributed by atoms with Crippen molar-refractivity contribution in [3.8, 4) is 11.1 Å². The fourth-order valence-electron chi connectivity index (χ4n) is 3.45. The third-order valence-electron chi connectivity index (χ3n) is 4.92. The summed E-state index contributed by atoms with van der Waals surface area (Å²) in [4.78, 5) is 18.9. The number of aromatic nitrogens is 3. The average molecular weight is 398 g/mol. The van der Waals surface area contributed by atoms with Gasteiger partial charge in [0.25, 0.3) is 5.91 Å². The molecule has 3 heterocycles. The molecule has 0 saturated carbocycles. The topological polar surface area (TPSA) is 51.0 Å². The molecule has 0 saturated heterocycles. The fourth-order valence-corrected chi connectivity index (χ4v) is 3.45. The van der Waals surface area contributed by atoms with Crippen molar-refractivity contribution < 1.29 is 18.0 Å². The van der Waals surface area contributed by atoms with Crippen molar-refractivity contribution in [1.29, 1.82) is 0 Å². The van der Waals surface area contributed by atoms with Gasteiger partial charge in [-0.2, -0.15) is 18.3 Å². The number of amides is 1. The largest absolute Gasteiger partial charge is 0.416 e. The highest BCUT2D eigenvalue weighted by molar-refractivity contribution is 6.09. The Morgan fingerprint density at radius 2 is 1.93 bits per heavy atom. The van der Waals surface area contributed by atoms with Crippen LogP contribution in [0.1, 0.15) is 34.7 Å². The molecule has 1 aliphatic heterocycles. The summed E-state index contributed by atoms with van der Waals surface area (Å²) in [5.41, 5.74) is 2.13. The smallest absolute Gasteiger partial charge is 0.305 e. The van der Waals surface area contributed by atoms with Gasteiger partial charge in [-0.15, -0.1) is 0 Å². The normalized spacial score (nSPS) is 16.6. The van der Waals surface area contributed by atoms with Crippen LogP contribution in [-0.2, 0) is 6.18 Å². The van der Waals surface area contributed by atoms with E-state index in [9.17, 15) is 18.0 Å². The summed E-state index contributed by atoms with van der Waals surface area (Å²) in [6.07, 6.45) is 0.440. The lowest BCUT2D eigenvalue weighted by Gasteiger charge is -2.32. The molecule has 1 aliphatic rings. The summed E-state index contributed by atoms with van der Waals surface area (Å²) < 4.78 is 40.2. The van der Waals surface area contributed by atoms with Crippen LogP contribution in [0, 0.1) is 0 Å². The molecule has 148 valence electrons. The molecule has 29 heavy (non-hydrogen) atoms. The first-order valence-corrected chi connectivity index (χ1v) is 8.95. The van der Waals surface area contributed by atoms with Gasteiger partial charge in [-0.1, -0.05) is 6.58 Å². The van der Waals surface area contributed by atoms with Gasteiger partial charge in [0, 0.05) is 24.0 Å². The number of alkyl halides is 3. The maximum atomic E-state index is 13.3. The standard InChI is InChI=1S/C21H17F3N4O/c1-3-16-10-14(8-9-25-16)18-11-26-28-13(2)12-27(20(29)19(18)28)17-6-4-15(5-7-17)21(22,23)24/h3-11,13H,1,12H2,2H3. The van der Waals surface area contributed by atoms with Gasteiger partial charge in [-0.3, -0.25) is 14.5 Å². The fraction of sp³-hybridized carbons (Fsp3) is 0.190. The minimum atomic E-state index is -4.42. The molecule has 1 amide bonds. The number of carbonyl (C=O) groups is 1. The number of hydrogen-bond donors (Lipinski definition) is 0. The van der Waals surface area contributed by atoms with E-state index in [1.807, 2.05) is 6.92 Å². The molecule has 1 unspecified atom stereocenters. The Morgan fingerprint density at radius 3 is 2.59 bits per heavy atom. The van der Waals surface area contributed by atoms with Crippen molar-refractivity contribution >= 4 is 17.7 Å². The lowest BCUT2D eigenvalue weighted by Crippen LogP contribution is -2.42. The number of fused-ring (bicyclic) bond motifs is 1. The van der Waals surface area contributed by atoms with Crippen molar-refractivity contribution in [3.05, 3.63) is 72.3 Å². The zero-order chi connectivity index (χ0) is 20.8. The number of pyridine rings is 1. The molecular weight excluding hydrogens is 381 g/mol. The van der Waals surface area contributed by atoms with Crippen molar-refractivity contribution in [3.63, 3.8) is 0 Å². The molecule has 1 atom stereocenters. The molecule has 1 aromatic carbocycles. The Balaban J connectivity index is 1.75. The summed E-state index contributed by atoms with van der Waals surface area (Å²) in [6, 6.07) is 8.06. The van der Waals surface area contributed by atoms with E-state index < -0.39 is 11.7 Å². The van der Waals surface area contributed by atoms with Gasteiger partial charge in [-0.25, -0.2) is 0 Å². The Morgan fingerprint density at radius 1 is 1.21 bits per heavy atom. The number of halogens is 3. The molecule has 5 nitrogen and oxygen atoms in total. The molecule has 8 heteroatoms. The summed E-state index contributed by atoms with van der Waals surface area (Å²) in [7, 11) is 0. The summed E-state index contributed by atoms with van der Waals surface area (Å²) in [5.74, 6) is -0.313. The summed E-state index contributed by atoms with van der Waals surface area (Å²) in [6.45, 7) is 5.93. The molecule has 0 N–H and O–H groups in total. The maximum Gasteiger partial charge on any atom is 0.416 e. The van der Waals surface area contributed by atoms with Crippen LogP contribution < -0.4 is 4.90 Å². The first-order valence-electron chi connectivity index (χ1n) is 8.95. The van der Waals surface area contributed by atoms with Crippen LogP contribution in [0.5, 0.6) is 0 Å². The van der Waals surface area contributed by atoms with E-state index in [4.69, 9.17) is 0 Å². The van der Waals surface area contributed by atoms with Gasteiger partial charge in [0.1, 0.15) is 5.69 Å². The summed E-state index contributed by atoms with van der Waals surface area (Å²) in [5, 5.41) is 4.37. The second-order valence-corrected chi connectivity index (χ2v) is 6.83. The SMILES string of the molecule is C=Cc1cc(-c2cnn3c2C(=O)N(c2ccc(C(F)(F)F)cc2)CC3C)ccn1. The minimum absolute atomic E-state index is 0.139. The zero-order valence-electron chi connectivity index (χ0n) is 15.5. The van der Waals surface area contributed by atoms with Gasteiger partial charge in [0.2, 0.25) is 0 Å². The Labute approximate surface area is 165 Å². The molecule has 0 bridgehead atoms. The zero-order valence-corrected chi connectivity index (χ0v) is 15.5. The van der Waals surface area contributed by atoms with Gasteiger partial charge in [0.15, 0.2) is 0 Å². The van der Waals surface area contributed by atoms with E-state index >= 15 is 0 Å². The van der Waals surface area contributed by atoms with E-state index in [2.05, 4.69) is 16.7 Å². The molecule has 2 aromatic heterocycles. The molecular formula is C21H17F3N4O. The number of rotatable bonds is 3. The minimum Gasteiger partial charge on any atom is -0.305 e. The second-order valence-electron chi connectivity index (χ2n) is 6.83. The number of hydrogen-bond acceptors (Lipinski definition) is 3. The molecule has 3 aromatic rings. The Hall–Kier alpha value is -3.42. The molecule has 0 radical (unpaired) electrons. The Kier molecular flexibility index (Phi) is 4.49.